The number of hydrogen-bond donors (Lipinski definition) is 2. The maximum atomic E-state index is 9.34. The van der Waals surface area contributed by atoms with Gasteiger partial charge in [0.15, 0.2) is 0 Å². The van der Waals surface area contributed by atoms with Crippen molar-refractivity contribution in [2.75, 3.05) is 0 Å². The summed E-state index contributed by atoms with van der Waals surface area (Å²) < 4.78 is 8.25. The first-order valence-electron chi connectivity index (χ1n) is 3.27. The number of carbonyl (C=O) groups excluding carboxylic acids is 2. The molecule has 2 unspecified atom stereocenters. The van der Waals surface area contributed by atoms with E-state index >= 15 is 0 Å². The third-order valence-electron chi connectivity index (χ3n) is 0.682. The maximum absolute atomic E-state index is 9.34. The van der Waals surface area contributed by atoms with Crippen LogP contribution >= 0.6 is 0 Å². The van der Waals surface area contributed by atoms with Gasteiger partial charge < -0.3 is 30.0 Å². The summed E-state index contributed by atoms with van der Waals surface area (Å²) >= 11 is 0.750. The Morgan fingerprint density at radius 3 is 1.07 bits per heavy atom. The summed E-state index contributed by atoms with van der Waals surface area (Å²) in [6.07, 6.45) is -2.69. The van der Waals surface area contributed by atoms with Crippen molar-refractivity contribution in [3.05, 3.63) is 0 Å². The average molecular weight is 242 g/mol. The summed E-state index contributed by atoms with van der Waals surface area (Å²) in [5.41, 5.74) is 0. The fourth-order valence-corrected chi connectivity index (χ4v) is 0. The second-order valence-corrected chi connectivity index (χ2v) is 1.99. The molecule has 2 atom stereocenters. The molecule has 0 spiro atoms. The van der Waals surface area contributed by atoms with E-state index in [1.165, 1.54) is 0 Å². The van der Waals surface area contributed by atoms with Crippen molar-refractivity contribution in [3.8, 4) is 0 Å². The molecule has 0 saturated carbocycles. The van der Waals surface area contributed by atoms with E-state index in [4.69, 9.17) is 13.5 Å². The zero-order valence-corrected chi connectivity index (χ0v) is 9.15. The number of carboxylic acid groups (broad SMARTS) is 2. The fraction of sp³-hybridized carbons (Fsp3) is 0.667. The monoisotopic (exact) mass is 242 g/mol. The van der Waals surface area contributed by atoms with E-state index in [1.807, 2.05) is 0 Å². The average Bonchev–Trinajstić information content (AvgIpc) is 2.08. The van der Waals surface area contributed by atoms with Crippen LogP contribution < -0.4 is 10.2 Å². The summed E-state index contributed by atoms with van der Waals surface area (Å²) in [4.78, 5) is 18.7. The van der Waals surface area contributed by atoms with E-state index in [-0.39, 0.29) is 0 Å². The van der Waals surface area contributed by atoms with Gasteiger partial charge in [0.1, 0.15) is 0 Å². The van der Waals surface area contributed by atoms with Gasteiger partial charge in [0.25, 0.3) is 0 Å². The molecule has 0 amide bonds. The van der Waals surface area contributed by atoms with Crippen LogP contribution in [0.3, 0.4) is 0 Å². The van der Waals surface area contributed by atoms with Gasteiger partial charge in [-0.15, -0.1) is 0 Å². The minimum atomic E-state index is -1.44. The molecule has 0 aromatic heterocycles. The van der Waals surface area contributed by atoms with Gasteiger partial charge in [-0.25, -0.2) is 0 Å². The molecule has 2 N–H and O–H groups in total. The molecule has 0 aromatic carbocycles. The van der Waals surface area contributed by atoms with Crippen LogP contribution in [0.15, 0.2) is 0 Å². The first kappa shape index (κ1) is 19.0. The number of aliphatic carboxylic acids is 2. The van der Waals surface area contributed by atoms with Gasteiger partial charge >= 0.3 is 23.7 Å². The Morgan fingerprint density at radius 2 is 1.07 bits per heavy atom. The summed E-state index contributed by atoms with van der Waals surface area (Å²) in [5, 5.41) is 34.6. The molecule has 80 valence electrons. The van der Waals surface area contributed by atoms with E-state index < -0.39 is 24.1 Å². The van der Waals surface area contributed by atoms with E-state index in [1.54, 1.807) is 0 Å². The molecule has 0 fully saturated rings. The predicted octanol–water partition coefficient (Wildman–Crippen LogP) is -3.89. The van der Waals surface area contributed by atoms with E-state index in [2.05, 4.69) is 0 Å². The fourth-order valence-electron chi connectivity index (χ4n) is 0. The topological polar surface area (TPSA) is 138 Å². The van der Waals surface area contributed by atoms with Crippen LogP contribution in [0, 0.1) is 0 Å². The molecule has 0 aromatic rings. The number of carboxylic acids is 2. The molecule has 0 aliphatic rings. The molecule has 0 saturated heterocycles. The van der Waals surface area contributed by atoms with Crippen molar-refractivity contribution < 1.29 is 53.7 Å². The summed E-state index contributed by atoms with van der Waals surface area (Å²) in [6, 6.07) is 0. The molecule has 7 nitrogen and oxygen atoms in total. The summed E-state index contributed by atoms with van der Waals surface area (Å²) in [6.45, 7) is 2.27. The summed E-state index contributed by atoms with van der Waals surface area (Å²) in [7, 11) is 0. The van der Waals surface area contributed by atoms with Crippen molar-refractivity contribution in [2.24, 2.45) is 0 Å². The van der Waals surface area contributed by atoms with Crippen molar-refractivity contribution in [2.45, 2.75) is 26.1 Å². The Balaban J connectivity index is -0.000000147. The Kier molecular flexibility index (Phi) is 16.8. The first-order chi connectivity index (χ1) is 6.29. The number of hydrogen-bond acceptors (Lipinski definition) is 7. The third-order valence-corrected chi connectivity index (χ3v) is 0.682. The van der Waals surface area contributed by atoms with Crippen molar-refractivity contribution >= 4 is 11.9 Å². The van der Waals surface area contributed by atoms with Gasteiger partial charge in [0.2, 0.25) is 0 Å². The number of carbonyl (C=O) groups is 2. The van der Waals surface area contributed by atoms with Gasteiger partial charge in [-0.05, 0) is 13.8 Å². The Labute approximate surface area is 92.1 Å². The van der Waals surface area contributed by atoms with Crippen LogP contribution in [-0.4, -0.2) is 34.4 Å². The number of aliphatic hydroxyl groups excluding tert-OH is 2. The predicted molar refractivity (Wildman–Crippen MR) is 34.1 cm³/mol. The third kappa shape index (κ3) is 22.5. The van der Waals surface area contributed by atoms with Crippen LogP contribution in [0.2, 0.25) is 0 Å². The zero-order valence-electron chi connectivity index (χ0n) is 7.59. The molecule has 0 rings (SSSR count). The molecule has 0 aliphatic carbocycles. The Bertz CT molecular complexity index is 150. The minimum absolute atomic E-state index is 0.750. The quantitative estimate of drug-likeness (QED) is 0.472. The van der Waals surface area contributed by atoms with E-state index in [0.29, 0.717) is 0 Å². The van der Waals surface area contributed by atoms with Crippen LogP contribution in [0.25, 0.3) is 0 Å². The van der Waals surface area contributed by atoms with Crippen LogP contribution in [0.5, 0.6) is 0 Å². The van der Waals surface area contributed by atoms with Gasteiger partial charge in [-0.2, -0.15) is 0 Å². The number of aliphatic hydroxyl groups is 2. The standard InChI is InChI=1S/2C3H6O3.O.Ti/c2*1-2(4)3(5)6;;/h2*2,4H,1H3,(H,5,6);;/q;;;+2/p-2. The summed E-state index contributed by atoms with van der Waals surface area (Å²) in [5.74, 6) is -2.87. The molecule has 0 bridgehead atoms. The zero-order chi connectivity index (χ0) is 12.3. The molecule has 0 heterocycles. The molecule has 14 heavy (non-hydrogen) atoms. The van der Waals surface area contributed by atoms with Crippen molar-refractivity contribution in [3.63, 3.8) is 0 Å². The second kappa shape index (κ2) is 12.4. The van der Waals surface area contributed by atoms with E-state index in [0.717, 1.165) is 34.3 Å². The van der Waals surface area contributed by atoms with Crippen molar-refractivity contribution in [1.29, 1.82) is 0 Å². The van der Waals surface area contributed by atoms with Crippen molar-refractivity contribution in [1.82, 2.24) is 0 Å². The second-order valence-electron chi connectivity index (χ2n) is 1.99. The molecular weight excluding hydrogens is 232 g/mol. The van der Waals surface area contributed by atoms with E-state index in [9.17, 15) is 19.8 Å². The number of rotatable bonds is 2. The molecule has 0 aliphatic heterocycles. The van der Waals surface area contributed by atoms with Gasteiger partial charge in [-0.3, -0.25) is 0 Å². The van der Waals surface area contributed by atoms with Crippen LogP contribution in [0.4, 0.5) is 0 Å². The van der Waals surface area contributed by atoms with Gasteiger partial charge in [0, 0.05) is 0 Å². The Hall–Kier alpha value is -0.626. The van der Waals surface area contributed by atoms with Gasteiger partial charge in [-0.1, -0.05) is 0 Å². The van der Waals surface area contributed by atoms with Gasteiger partial charge in [0.05, 0.1) is 24.1 Å². The molecular formula is C6H10O7Ti. The normalized spacial score (nSPS) is 12.1. The van der Waals surface area contributed by atoms with Crippen LogP contribution in [0.1, 0.15) is 13.8 Å². The Morgan fingerprint density at radius 1 is 1.00 bits per heavy atom. The first-order valence-corrected chi connectivity index (χ1v) is 3.91. The molecule has 0 radical (unpaired) electrons. The SMILES string of the molecule is CC(O)C(=O)[O-].CC(O)C(=O)[O-].[O]=[Ti+2]. The molecule has 8 heteroatoms. The van der Waals surface area contributed by atoms with Crippen LogP contribution in [-0.2, 0) is 33.3 Å².